The van der Waals surface area contributed by atoms with Crippen molar-refractivity contribution in [1.82, 2.24) is 0 Å². The van der Waals surface area contributed by atoms with Crippen LogP contribution in [0, 0.1) is 0 Å². The minimum absolute atomic E-state index is 0.0550. The topological polar surface area (TPSA) is 78.3 Å². The van der Waals surface area contributed by atoms with E-state index in [0.29, 0.717) is 28.4 Å². The maximum absolute atomic E-state index is 12.5. The van der Waals surface area contributed by atoms with Crippen LogP contribution < -0.4 is 16.2 Å². The molecule has 0 aliphatic heterocycles. The number of carbonyl (C=O) groups is 1. The maximum Gasteiger partial charge on any atom is 0.185 e. The fourth-order valence-corrected chi connectivity index (χ4v) is 3.12. The fourth-order valence-electron chi connectivity index (χ4n) is 3.12. The van der Waals surface area contributed by atoms with Gasteiger partial charge in [0.1, 0.15) is 11.5 Å². The second-order valence-corrected chi connectivity index (χ2v) is 7.32. The molecule has 0 unspecified atom stereocenters. The number of rotatable bonds is 9. The summed E-state index contributed by atoms with van der Waals surface area (Å²) in [5, 5.41) is 0. The summed E-state index contributed by atoms with van der Waals surface area (Å²) in [6.07, 6.45) is 8.25. The number of carbonyl (C=O) groups excluding carboxylic acids is 1. The van der Waals surface area contributed by atoms with Crippen molar-refractivity contribution in [2.75, 3.05) is 11.5 Å². The molecule has 4 N–H and O–H groups in total. The fraction of sp³-hybridized carbons (Fsp3) is 0.192. The first kappa shape index (κ1) is 21.2. The Morgan fingerprint density at radius 2 is 1.67 bits per heavy atom. The lowest BCUT2D eigenvalue weighted by molar-refractivity contribution is 0.104. The Kier molecular flexibility index (Phi) is 7.28. The largest absolute Gasteiger partial charge is 0.455 e. The van der Waals surface area contributed by atoms with E-state index in [1.54, 1.807) is 48.5 Å². The number of hydrogen-bond donors (Lipinski definition) is 2. The van der Waals surface area contributed by atoms with Gasteiger partial charge in [-0.15, -0.1) is 0 Å². The molecule has 0 heterocycles. The van der Waals surface area contributed by atoms with E-state index in [4.69, 9.17) is 16.2 Å². The highest BCUT2D eigenvalue weighted by Gasteiger charge is 2.05. The Morgan fingerprint density at radius 1 is 0.933 bits per heavy atom. The zero-order chi connectivity index (χ0) is 21.3. The third kappa shape index (κ3) is 5.98. The van der Waals surface area contributed by atoms with Crippen molar-refractivity contribution in [3.63, 3.8) is 0 Å². The molecule has 0 saturated carbocycles. The lowest BCUT2D eigenvalue weighted by atomic mass is 10.0. The number of hydrogen-bond acceptors (Lipinski definition) is 4. The molecule has 0 fully saturated rings. The monoisotopic (exact) mass is 400 g/mol. The molecule has 0 amide bonds. The Morgan fingerprint density at radius 3 is 2.33 bits per heavy atom. The zero-order valence-corrected chi connectivity index (χ0v) is 17.3. The van der Waals surface area contributed by atoms with E-state index in [2.05, 4.69) is 31.2 Å². The van der Waals surface area contributed by atoms with Gasteiger partial charge in [0, 0.05) is 11.3 Å². The van der Waals surface area contributed by atoms with Crippen LogP contribution in [-0.4, -0.2) is 5.78 Å². The lowest BCUT2D eigenvalue weighted by Crippen LogP contribution is -1.96. The average molecular weight is 401 g/mol. The third-order valence-electron chi connectivity index (χ3n) is 4.88. The van der Waals surface area contributed by atoms with Gasteiger partial charge in [-0.25, -0.2) is 0 Å². The number of benzene rings is 3. The number of ether oxygens (including phenoxy) is 1. The molecule has 3 aromatic carbocycles. The maximum atomic E-state index is 12.5. The quantitative estimate of drug-likeness (QED) is 0.192. The van der Waals surface area contributed by atoms with Crippen LogP contribution in [-0.2, 0) is 6.42 Å². The third-order valence-corrected chi connectivity index (χ3v) is 4.88. The Bertz CT molecular complexity index is 1010. The van der Waals surface area contributed by atoms with Gasteiger partial charge in [-0.1, -0.05) is 50.1 Å². The van der Waals surface area contributed by atoms with Crippen LogP contribution in [0.5, 0.6) is 11.5 Å². The highest BCUT2D eigenvalue weighted by molar-refractivity contribution is 6.06. The van der Waals surface area contributed by atoms with Crippen molar-refractivity contribution in [1.29, 1.82) is 0 Å². The molecule has 0 aliphatic carbocycles. The number of anilines is 2. The van der Waals surface area contributed by atoms with Crippen LogP contribution in [0.1, 0.15) is 47.7 Å². The Hall–Kier alpha value is -3.53. The van der Waals surface area contributed by atoms with E-state index in [9.17, 15) is 4.79 Å². The van der Waals surface area contributed by atoms with E-state index in [1.807, 2.05) is 6.08 Å². The van der Waals surface area contributed by atoms with E-state index in [-0.39, 0.29) is 5.78 Å². The minimum Gasteiger partial charge on any atom is -0.455 e. The highest BCUT2D eigenvalue weighted by atomic mass is 16.5. The second kappa shape index (κ2) is 10.3. The number of allylic oxidation sites excluding steroid dienone is 1. The normalized spacial score (nSPS) is 11.0. The number of nitrogen functional groups attached to an aromatic ring is 2. The number of nitrogens with two attached hydrogens (primary N) is 2. The van der Waals surface area contributed by atoms with Crippen LogP contribution in [0.25, 0.3) is 6.08 Å². The van der Waals surface area contributed by atoms with Crippen LogP contribution in [0.2, 0.25) is 0 Å². The Balaban J connectivity index is 1.58. The summed E-state index contributed by atoms with van der Waals surface area (Å²) in [5.74, 6) is 1.08. The standard InChI is InChI=1S/C26H28N2O2/c1-2-3-4-5-19-6-8-20(9-7-19)10-16-25(29)21-11-14-23(15-12-21)30-26-17-13-22(27)18-24(26)28/h6-18H,2-5,27-28H2,1H3/b16-10+. The van der Waals surface area contributed by atoms with E-state index in [0.717, 1.165) is 12.0 Å². The summed E-state index contributed by atoms with van der Waals surface area (Å²) in [4.78, 5) is 12.5. The van der Waals surface area contributed by atoms with Gasteiger partial charge in [0.2, 0.25) is 0 Å². The van der Waals surface area contributed by atoms with E-state index < -0.39 is 0 Å². The van der Waals surface area contributed by atoms with E-state index in [1.165, 1.54) is 24.8 Å². The van der Waals surface area contributed by atoms with Crippen molar-refractivity contribution >= 4 is 23.2 Å². The first-order valence-electron chi connectivity index (χ1n) is 10.3. The number of unbranched alkanes of at least 4 members (excludes halogenated alkanes) is 2. The van der Waals surface area contributed by atoms with Crippen LogP contribution in [0.15, 0.2) is 72.8 Å². The van der Waals surface area contributed by atoms with Gasteiger partial charge in [0.25, 0.3) is 0 Å². The van der Waals surface area contributed by atoms with Crippen LogP contribution in [0.3, 0.4) is 0 Å². The molecule has 4 nitrogen and oxygen atoms in total. The molecular formula is C26H28N2O2. The van der Waals surface area contributed by atoms with Gasteiger partial charge < -0.3 is 16.2 Å². The predicted octanol–water partition coefficient (Wildman–Crippen LogP) is 6.27. The van der Waals surface area contributed by atoms with E-state index >= 15 is 0 Å². The second-order valence-electron chi connectivity index (χ2n) is 7.32. The summed E-state index contributed by atoms with van der Waals surface area (Å²) >= 11 is 0. The summed E-state index contributed by atoms with van der Waals surface area (Å²) < 4.78 is 5.76. The van der Waals surface area contributed by atoms with Gasteiger partial charge in [-0.2, -0.15) is 0 Å². The highest BCUT2D eigenvalue weighted by Crippen LogP contribution is 2.29. The van der Waals surface area contributed by atoms with Crippen LogP contribution in [0.4, 0.5) is 11.4 Å². The molecule has 0 spiro atoms. The molecule has 4 heteroatoms. The van der Waals surface area contributed by atoms with Crippen molar-refractivity contribution in [2.45, 2.75) is 32.6 Å². The van der Waals surface area contributed by atoms with Crippen LogP contribution >= 0.6 is 0 Å². The average Bonchev–Trinajstić information content (AvgIpc) is 2.75. The summed E-state index contributed by atoms with van der Waals surface area (Å²) in [6.45, 7) is 2.21. The lowest BCUT2D eigenvalue weighted by Gasteiger charge is -2.09. The van der Waals surface area contributed by atoms with Crippen molar-refractivity contribution < 1.29 is 9.53 Å². The van der Waals surface area contributed by atoms with Gasteiger partial charge in [-0.05, 0) is 72.5 Å². The molecular weight excluding hydrogens is 372 g/mol. The number of ketones is 1. The molecule has 3 rings (SSSR count). The molecule has 0 saturated heterocycles. The Labute approximate surface area is 178 Å². The molecule has 0 aromatic heterocycles. The molecule has 0 bridgehead atoms. The van der Waals surface area contributed by atoms with Gasteiger partial charge in [0.15, 0.2) is 5.78 Å². The first-order valence-corrected chi connectivity index (χ1v) is 10.3. The summed E-state index contributed by atoms with van der Waals surface area (Å²) in [6, 6.07) is 20.5. The molecule has 30 heavy (non-hydrogen) atoms. The zero-order valence-electron chi connectivity index (χ0n) is 17.3. The molecule has 3 aromatic rings. The van der Waals surface area contributed by atoms with Crippen molar-refractivity contribution in [3.8, 4) is 11.5 Å². The van der Waals surface area contributed by atoms with Crippen molar-refractivity contribution in [3.05, 3.63) is 89.5 Å². The smallest absolute Gasteiger partial charge is 0.185 e. The first-order chi connectivity index (χ1) is 14.5. The molecule has 154 valence electrons. The molecule has 0 radical (unpaired) electrons. The minimum atomic E-state index is -0.0550. The predicted molar refractivity (Wildman–Crippen MR) is 125 cm³/mol. The summed E-state index contributed by atoms with van der Waals surface area (Å²) in [7, 11) is 0. The summed E-state index contributed by atoms with van der Waals surface area (Å²) in [5.41, 5.74) is 15.6. The molecule has 0 aliphatic rings. The van der Waals surface area contributed by atoms with Crippen molar-refractivity contribution in [2.24, 2.45) is 0 Å². The van der Waals surface area contributed by atoms with Gasteiger partial charge in [0.05, 0.1) is 5.69 Å². The number of aryl methyl sites for hydroxylation is 1. The SMILES string of the molecule is CCCCCc1ccc(/C=C/C(=O)c2ccc(Oc3ccc(N)cc3N)cc2)cc1. The van der Waals surface area contributed by atoms with Gasteiger partial charge >= 0.3 is 0 Å². The molecule has 0 atom stereocenters. The van der Waals surface area contributed by atoms with Gasteiger partial charge in [-0.3, -0.25) is 4.79 Å².